The van der Waals surface area contributed by atoms with E-state index in [2.05, 4.69) is 15.2 Å². The summed E-state index contributed by atoms with van der Waals surface area (Å²) in [4.78, 5) is 51.8. The first-order valence-electron chi connectivity index (χ1n) is 12.5. The largest absolute Gasteiger partial charge is 0.480 e. The Morgan fingerprint density at radius 2 is 1.00 bits per heavy atom. The van der Waals surface area contributed by atoms with E-state index in [-0.39, 0.29) is 13.1 Å². The van der Waals surface area contributed by atoms with E-state index in [9.17, 15) is 19.2 Å². The van der Waals surface area contributed by atoms with Gasteiger partial charge in [0.2, 0.25) is 0 Å². The lowest BCUT2D eigenvalue weighted by atomic mass is 10.1. The van der Waals surface area contributed by atoms with Crippen molar-refractivity contribution in [1.29, 1.82) is 0 Å². The van der Waals surface area contributed by atoms with E-state index in [0.29, 0.717) is 23.0 Å². The van der Waals surface area contributed by atoms with Crippen LogP contribution in [0.15, 0.2) is 67.0 Å². The van der Waals surface area contributed by atoms with Gasteiger partial charge in [-0.1, -0.05) is 30.3 Å². The van der Waals surface area contributed by atoms with Crippen molar-refractivity contribution in [2.24, 2.45) is 0 Å². The Kier molecular flexibility index (Phi) is 9.36. The molecule has 4 N–H and O–H groups in total. The quantitative estimate of drug-likeness (QED) is 0.156. The summed E-state index contributed by atoms with van der Waals surface area (Å²) >= 11 is 0. The van der Waals surface area contributed by atoms with Crippen LogP contribution in [0.2, 0.25) is 0 Å². The summed E-state index contributed by atoms with van der Waals surface area (Å²) < 4.78 is 2.97. The average molecular weight is 578 g/mol. The maximum atomic E-state index is 11.2. The van der Waals surface area contributed by atoms with E-state index >= 15 is 0 Å². The lowest BCUT2D eigenvalue weighted by Gasteiger charge is -2.16. The van der Waals surface area contributed by atoms with E-state index in [0.717, 1.165) is 11.1 Å². The van der Waals surface area contributed by atoms with Gasteiger partial charge < -0.3 is 20.4 Å². The Bertz CT molecular complexity index is 1460. The predicted octanol–water partition coefficient (Wildman–Crippen LogP) is 1.06. The first-order valence-corrected chi connectivity index (χ1v) is 12.5. The molecule has 0 amide bonds. The molecule has 3 aromatic heterocycles. The Labute approximate surface area is 238 Å². The van der Waals surface area contributed by atoms with Crippen LogP contribution in [0.4, 0.5) is 0 Å². The van der Waals surface area contributed by atoms with Gasteiger partial charge in [-0.15, -0.1) is 0 Å². The molecule has 15 heteroatoms. The predicted molar refractivity (Wildman–Crippen MR) is 145 cm³/mol. The van der Waals surface area contributed by atoms with Crippen LogP contribution in [-0.2, 0) is 32.3 Å². The summed E-state index contributed by atoms with van der Waals surface area (Å²) in [5.74, 6) is -3.85. The van der Waals surface area contributed by atoms with Crippen molar-refractivity contribution >= 4 is 23.9 Å². The third-order valence-electron chi connectivity index (χ3n) is 5.87. The van der Waals surface area contributed by atoms with Gasteiger partial charge in [-0.2, -0.15) is 10.2 Å². The van der Waals surface area contributed by atoms with Crippen LogP contribution >= 0.6 is 0 Å². The molecule has 4 aromatic rings. The summed E-state index contributed by atoms with van der Waals surface area (Å²) in [5, 5.41) is 45.5. The van der Waals surface area contributed by atoms with Crippen molar-refractivity contribution in [1.82, 2.24) is 34.3 Å². The molecular weight excluding hydrogens is 550 g/mol. The van der Waals surface area contributed by atoms with Gasteiger partial charge in [-0.05, 0) is 35.4 Å². The van der Waals surface area contributed by atoms with Crippen molar-refractivity contribution < 1.29 is 39.6 Å². The molecule has 0 unspecified atom stereocenters. The van der Waals surface area contributed by atoms with Crippen LogP contribution in [0.3, 0.4) is 0 Å². The van der Waals surface area contributed by atoms with Gasteiger partial charge in [-0.3, -0.25) is 29.0 Å². The number of aliphatic carboxylic acids is 4. The Morgan fingerprint density at radius 3 is 1.38 bits per heavy atom. The fraction of sp³-hybridized carbons (Fsp3) is 0.222. The van der Waals surface area contributed by atoms with Crippen molar-refractivity contribution in [3.8, 4) is 22.8 Å². The molecule has 0 saturated heterocycles. The van der Waals surface area contributed by atoms with Crippen LogP contribution in [0.1, 0.15) is 11.4 Å². The molecular formula is C27H27N7O8. The highest BCUT2D eigenvalue weighted by Crippen LogP contribution is 2.24. The Hall–Kier alpha value is -5.41. The van der Waals surface area contributed by atoms with Gasteiger partial charge in [0.15, 0.2) is 11.6 Å². The molecule has 15 nitrogen and oxygen atoms in total. The monoisotopic (exact) mass is 577 g/mol. The third kappa shape index (κ3) is 8.30. The maximum absolute atomic E-state index is 11.2. The minimum atomic E-state index is -1.16. The van der Waals surface area contributed by atoms with Crippen LogP contribution in [0, 0.1) is 0 Å². The molecule has 4 rings (SSSR count). The molecule has 0 atom stereocenters. The van der Waals surface area contributed by atoms with Gasteiger partial charge in [-0.25, -0.2) is 14.3 Å². The molecule has 0 spiro atoms. The smallest absolute Gasteiger partial charge is 0.317 e. The number of aromatic nitrogens is 5. The fourth-order valence-electron chi connectivity index (χ4n) is 4.24. The molecule has 3 heterocycles. The van der Waals surface area contributed by atoms with E-state index in [4.69, 9.17) is 20.4 Å². The van der Waals surface area contributed by atoms with Crippen LogP contribution in [0.25, 0.3) is 22.8 Å². The lowest BCUT2D eigenvalue weighted by molar-refractivity contribution is -0.144. The number of hydrogen-bond donors (Lipinski definition) is 4. The molecule has 0 bridgehead atoms. The zero-order chi connectivity index (χ0) is 30.2. The summed E-state index contributed by atoms with van der Waals surface area (Å²) in [6.07, 6.45) is 3.25. The number of carbonyl (C=O) groups is 4. The third-order valence-corrected chi connectivity index (χ3v) is 5.87. The van der Waals surface area contributed by atoms with Gasteiger partial charge in [0.05, 0.1) is 37.6 Å². The first kappa shape index (κ1) is 29.6. The SMILES string of the molecule is O=C(O)CN(CC(=O)O)Cc1ccn(-c2cc(-c3ccccc3)cc(-n3ccc(CN(CC(=O)O)CC(=O)O)n3)n2)n1. The molecule has 0 aliphatic rings. The fourth-order valence-corrected chi connectivity index (χ4v) is 4.24. The summed E-state index contributed by atoms with van der Waals surface area (Å²) in [6.45, 7) is -1.90. The summed E-state index contributed by atoms with van der Waals surface area (Å²) in [5.41, 5.74) is 2.53. The normalized spacial score (nSPS) is 11.2. The topological polar surface area (TPSA) is 204 Å². The number of benzene rings is 1. The van der Waals surface area contributed by atoms with Crippen molar-refractivity contribution in [2.45, 2.75) is 13.1 Å². The minimum Gasteiger partial charge on any atom is -0.480 e. The molecule has 1 aromatic carbocycles. The highest BCUT2D eigenvalue weighted by atomic mass is 16.4. The number of carboxylic acid groups (broad SMARTS) is 4. The van der Waals surface area contributed by atoms with E-state index in [1.807, 2.05) is 30.3 Å². The van der Waals surface area contributed by atoms with Crippen LogP contribution in [-0.4, -0.2) is 105 Å². The van der Waals surface area contributed by atoms with Crippen LogP contribution in [0.5, 0.6) is 0 Å². The van der Waals surface area contributed by atoms with E-state index in [1.54, 1.807) is 36.7 Å². The minimum absolute atomic E-state index is 0.0114. The molecule has 0 aliphatic heterocycles. The molecule has 218 valence electrons. The molecule has 0 fully saturated rings. The van der Waals surface area contributed by atoms with Gasteiger partial charge in [0, 0.05) is 25.5 Å². The zero-order valence-corrected chi connectivity index (χ0v) is 22.1. The second-order valence-electron chi connectivity index (χ2n) is 9.31. The van der Waals surface area contributed by atoms with E-state index < -0.39 is 50.1 Å². The van der Waals surface area contributed by atoms with Gasteiger partial charge in [0.25, 0.3) is 0 Å². The van der Waals surface area contributed by atoms with Crippen molar-refractivity contribution in [2.75, 3.05) is 26.2 Å². The summed E-state index contributed by atoms with van der Waals surface area (Å²) in [6, 6.07) is 16.3. The second-order valence-corrected chi connectivity index (χ2v) is 9.31. The Morgan fingerprint density at radius 1 is 0.595 bits per heavy atom. The highest BCUT2D eigenvalue weighted by Gasteiger charge is 2.18. The second kappa shape index (κ2) is 13.3. The number of carboxylic acids is 4. The molecule has 0 aliphatic carbocycles. The highest BCUT2D eigenvalue weighted by molar-refractivity contribution is 5.73. The zero-order valence-electron chi connectivity index (χ0n) is 22.1. The maximum Gasteiger partial charge on any atom is 0.317 e. The first-order chi connectivity index (χ1) is 20.0. The standard InChI is InChI=1S/C27H27N7O8/c35-24(36)14-31(15-25(37)38)12-20-6-8-33(29-20)22-10-19(18-4-2-1-3-5-18)11-23(28-22)34-9-7-21(30-34)13-32(16-26(39)40)17-27(41)42/h1-11H,12-17H2,(H,35,36)(H,37,38)(H,39,40)(H,41,42). The Balaban J connectivity index is 1.66. The van der Waals surface area contributed by atoms with Gasteiger partial charge in [0.1, 0.15) is 0 Å². The molecule has 0 radical (unpaired) electrons. The lowest BCUT2D eigenvalue weighted by Crippen LogP contribution is -2.34. The van der Waals surface area contributed by atoms with Gasteiger partial charge >= 0.3 is 23.9 Å². The van der Waals surface area contributed by atoms with Crippen molar-refractivity contribution in [3.05, 3.63) is 78.4 Å². The van der Waals surface area contributed by atoms with Crippen molar-refractivity contribution in [3.63, 3.8) is 0 Å². The average Bonchev–Trinajstić information content (AvgIpc) is 3.57. The van der Waals surface area contributed by atoms with E-state index in [1.165, 1.54) is 19.2 Å². The van der Waals surface area contributed by atoms with Crippen LogP contribution < -0.4 is 0 Å². The number of hydrogen-bond acceptors (Lipinski definition) is 9. The number of nitrogens with zero attached hydrogens (tertiary/aromatic N) is 7. The number of rotatable bonds is 15. The molecule has 42 heavy (non-hydrogen) atoms. The summed E-state index contributed by atoms with van der Waals surface area (Å²) in [7, 11) is 0. The number of pyridine rings is 1. The molecule has 0 saturated carbocycles.